The van der Waals surface area contributed by atoms with Crippen LogP contribution in [0, 0.1) is 5.92 Å². The molecule has 0 amide bonds. The van der Waals surface area contributed by atoms with Gasteiger partial charge in [0.2, 0.25) is 5.92 Å². The molecule has 0 saturated heterocycles. The lowest BCUT2D eigenvalue weighted by Gasteiger charge is -2.34. The van der Waals surface area contributed by atoms with Crippen LogP contribution in [0.25, 0.3) is 0 Å². The quantitative estimate of drug-likeness (QED) is 0.640. The minimum Gasteiger partial charge on any atom is -0.370 e. The monoisotopic (exact) mass is 254 g/mol. The number of hydrogen-bond acceptors (Lipinski definition) is 2. The molecule has 0 spiro atoms. The van der Waals surface area contributed by atoms with E-state index in [1.165, 1.54) is 0 Å². The first kappa shape index (κ1) is 12.7. The maximum atomic E-state index is 12.6. The molecule has 1 saturated carbocycles. The summed E-state index contributed by atoms with van der Waals surface area (Å²) in [5.74, 6) is -1.49. The Bertz CT molecular complexity index is 411. The summed E-state index contributed by atoms with van der Waals surface area (Å²) < 4.78 is 25.2. The van der Waals surface area contributed by atoms with E-state index in [0.717, 1.165) is 0 Å². The molecule has 1 aromatic rings. The summed E-state index contributed by atoms with van der Waals surface area (Å²) in [5.41, 5.74) is 5.66. The first-order valence-corrected chi connectivity index (χ1v) is 5.91. The van der Waals surface area contributed by atoms with Gasteiger partial charge in [0.15, 0.2) is 5.96 Å². The Hall–Kier alpha value is -1.72. The largest absolute Gasteiger partial charge is 0.370 e. The number of nitrogens with zero attached hydrogens (tertiary/aromatic N) is 2. The zero-order valence-electron chi connectivity index (χ0n) is 9.94. The maximum Gasteiger partial charge on any atom is 0.248 e. The van der Waals surface area contributed by atoms with Crippen LogP contribution in [0.4, 0.5) is 14.6 Å². The first-order valence-electron chi connectivity index (χ1n) is 5.91. The van der Waals surface area contributed by atoms with Crippen molar-refractivity contribution in [1.82, 2.24) is 4.98 Å². The van der Waals surface area contributed by atoms with Crippen LogP contribution >= 0.6 is 0 Å². The van der Waals surface area contributed by atoms with Gasteiger partial charge in [-0.2, -0.15) is 0 Å². The third-order valence-electron chi connectivity index (χ3n) is 2.92. The second kappa shape index (κ2) is 5.29. The summed E-state index contributed by atoms with van der Waals surface area (Å²) in [6, 6.07) is 5.41. The Labute approximate surface area is 104 Å². The summed E-state index contributed by atoms with van der Waals surface area (Å²) >= 11 is 0. The molecular weight excluding hydrogens is 238 g/mol. The Kier molecular flexibility index (Phi) is 3.74. The predicted molar refractivity (Wildman–Crippen MR) is 66.6 cm³/mol. The molecule has 0 unspecified atom stereocenters. The molecule has 0 atom stereocenters. The molecule has 0 aromatic carbocycles. The van der Waals surface area contributed by atoms with E-state index in [1.54, 1.807) is 18.3 Å². The van der Waals surface area contributed by atoms with Gasteiger partial charge in [-0.25, -0.2) is 13.8 Å². The van der Waals surface area contributed by atoms with Gasteiger partial charge >= 0.3 is 0 Å². The molecule has 6 heteroatoms. The van der Waals surface area contributed by atoms with Gasteiger partial charge in [-0.3, -0.25) is 4.99 Å². The fourth-order valence-corrected chi connectivity index (χ4v) is 1.96. The van der Waals surface area contributed by atoms with Crippen LogP contribution in [0.3, 0.4) is 0 Å². The summed E-state index contributed by atoms with van der Waals surface area (Å²) in [7, 11) is 0. The number of halogens is 2. The van der Waals surface area contributed by atoms with Gasteiger partial charge in [-0.15, -0.1) is 0 Å². The van der Waals surface area contributed by atoms with Gasteiger partial charge in [0.25, 0.3) is 0 Å². The highest BCUT2D eigenvalue weighted by atomic mass is 19.3. The third-order valence-corrected chi connectivity index (χ3v) is 2.92. The highest BCUT2D eigenvalue weighted by Gasteiger charge is 2.44. The lowest BCUT2D eigenvalue weighted by Crippen LogP contribution is -2.35. The number of anilines is 1. The Morgan fingerprint density at radius 3 is 2.89 bits per heavy atom. The molecule has 1 fully saturated rings. The number of rotatable bonds is 4. The van der Waals surface area contributed by atoms with E-state index < -0.39 is 5.92 Å². The molecule has 4 nitrogen and oxygen atoms in total. The molecule has 0 aliphatic heterocycles. The molecule has 1 aliphatic carbocycles. The molecule has 1 aromatic heterocycles. The molecule has 0 radical (unpaired) electrons. The van der Waals surface area contributed by atoms with Crippen LogP contribution in [-0.4, -0.2) is 23.4 Å². The van der Waals surface area contributed by atoms with Crippen LogP contribution in [-0.2, 0) is 0 Å². The van der Waals surface area contributed by atoms with E-state index in [1.807, 2.05) is 6.07 Å². The first-order chi connectivity index (χ1) is 8.55. The fourth-order valence-electron chi connectivity index (χ4n) is 1.96. The summed E-state index contributed by atoms with van der Waals surface area (Å²) in [6.45, 7) is 0.465. The van der Waals surface area contributed by atoms with Gasteiger partial charge in [0.1, 0.15) is 5.82 Å². The molecule has 1 heterocycles. The molecule has 98 valence electrons. The van der Waals surface area contributed by atoms with E-state index in [2.05, 4.69) is 15.3 Å². The van der Waals surface area contributed by atoms with Crippen molar-refractivity contribution in [3.8, 4) is 0 Å². The summed E-state index contributed by atoms with van der Waals surface area (Å²) in [4.78, 5) is 8.12. The van der Waals surface area contributed by atoms with Crippen molar-refractivity contribution in [1.29, 1.82) is 0 Å². The van der Waals surface area contributed by atoms with Crippen molar-refractivity contribution in [3.05, 3.63) is 24.4 Å². The normalized spacial score (nSPS) is 19.3. The highest BCUT2D eigenvalue weighted by molar-refractivity contribution is 5.91. The topological polar surface area (TPSA) is 63.3 Å². The number of nitrogens with one attached hydrogen (secondary N) is 1. The van der Waals surface area contributed by atoms with E-state index in [-0.39, 0.29) is 24.7 Å². The van der Waals surface area contributed by atoms with E-state index in [0.29, 0.717) is 18.8 Å². The lowest BCUT2D eigenvalue weighted by molar-refractivity contribution is -0.111. The molecular formula is C12H16F2N4. The Balaban J connectivity index is 1.70. The van der Waals surface area contributed by atoms with Crippen molar-refractivity contribution in [2.45, 2.75) is 25.2 Å². The molecule has 3 N–H and O–H groups in total. The van der Waals surface area contributed by atoms with Crippen LogP contribution in [0.5, 0.6) is 0 Å². The Morgan fingerprint density at radius 1 is 1.50 bits per heavy atom. The lowest BCUT2D eigenvalue weighted by atomic mass is 9.79. The maximum absolute atomic E-state index is 12.6. The number of aliphatic imine (C=N–C) groups is 1. The average molecular weight is 254 g/mol. The minimum atomic E-state index is -2.45. The van der Waals surface area contributed by atoms with Gasteiger partial charge in [0.05, 0.1) is 0 Å². The zero-order valence-corrected chi connectivity index (χ0v) is 9.94. The van der Waals surface area contributed by atoms with Gasteiger partial charge in [-0.05, 0) is 24.5 Å². The van der Waals surface area contributed by atoms with Gasteiger partial charge in [0, 0.05) is 25.6 Å². The predicted octanol–water partition coefficient (Wildman–Crippen LogP) is 2.24. The van der Waals surface area contributed by atoms with E-state index in [4.69, 9.17) is 5.73 Å². The summed E-state index contributed by atoms with van der Waals surface area (Å²) in [5, 5.41) is 2.84. The second-order valence-corrected chi connectivity index (χ2v) is 4.53. The smallest absolute Gasteiger partial charge is 0.248 e. The standard InChI is InChI=1S/C12H16F2N4/c13-12(14)7-9(8-12)4-6-17-11(15)18-10-3-1-2-5-16-10/h1-3,5,9H,4,6-8H2,(H3,15,16,17,18). The number of nitrogens with two attached hydrogens (primary N) is 1. The van der Waals surface area contributed by atoms with Gasteiger partial charge < -0.3 is 11.1 Å². The SMILES string of the molecule is NC(=NCCC1CC(F)(F)C1)Nc1ccccn1. The van der Waals surface area contributed by atoms with Gasteiger partial charge in [-0.1, -0.05) is 6.07 Å². The Morgan fingerprint density at radius 2 is 2.28 bits per heavy atom. The number of aromatic nitrogens is 1. The van der Waals surface area contributed by atoms with Crippen molar-refractivity contribution in [2.24, 2.45) is 16.6 Å². The van der Waals surface area contributed by atoms with Crippen LogP contribution in [0.1, 0.15) is 19.3 Å². The van der Waals surface area contributed by atoms with Crippen molar-refractivity contribution in [3.63, 3.8) is 0 Å². The van der Waals surface area contributed by atoms with Crippen molar-refractivity contribution < 1.29 is 8.78 Å². The van der Waals surface area contributed by atoms with Crippen LogP contribution in [0.2, 0.25) is 0 Å². The minimum absolute atomic E-state index is 0.0178. The van der Waals surface area contributed by atoms with Crippen LogP contribution < -0.4 is 11.1 Å². The highest BCUT2D eigenvalue weighted by Crippen LogP contribution is 2.43. The molecule has 2 rings (SSSR count). The van der Waals surface area contributed by atoms with Crippen LogP contribution in [0.15, 0.2) is 29.4 Å². The molecule has 1 aliphatic rings. The average Bonchev–Trinajstić information content (AvgIpc) is 2.27. The second-order valence-electron chi connectivity index (χ2n) is 4.53. The fraction of sp³-hybridized carbons (Fsp3) is 0.500. The third kappa shape index (κ3) is 3.65. The van der Waals surface area contributed by atoms with E-state index >= 15 is 0 Å². The number of alkyl halides is 2. The summed E-state index contributed by atoms with van der Waals surface area (Å²) in [6.07, 6.45) is 2.26. The molecule has 18 heavy (non-hydrogen) atoms. The zero-order chi connectivity index (χ0) is 13.0. The van der Waals surface area contributed by atoms with Crippen molar-refractivity contribution >= 4 is 11.8 Å². The number of pyridine rings is 1. The number of guanidine groups is 1. The van der Waals surface area contributed by atoms with Crippen molar-refractivity contribution in [2.75, 3.05) is 11.9 Å². The number of hydrogen-bond donors (Lipinski definition) is 2. The van der Waals surface area contributed by atoms with E-state index in [9.17, 15) is 8.78 Å². The molecule has 0 bridgehead atoms.